The van der Waals surface area contributed by atoms with Gasteiger partial charge in [0.05, 0.1) is 0 Å². The van der Waals surface area contributed by atoms with Gasteiger partial charge >= 0.3 is 5.97 Å². The van der Waals surface area contributed by atoms with Gasteiger partial charge in [-0.2, -0.15) is 5.26 Å². The van der Waals surface area contributed by atoms with Crippen LogP contribution in [0.25, 0.3) is 6.08 Å². The lowest BCUT2D eigenvalue weighted by Gasteiger charge is -2.18. The lowest BCUT2D eigenvalue weighted by molar-refractivity contribution is -0.132. The minimum absolute atomic E-state index is 0.283. The fourth-order valence-electron chi connectivity index (χ4n) is 1.29. The van der Waals surface area contributed by atoms with Gasteiger partial charge in [0, 0.05) is 0 Å². The molecular weight excluding hydrogens is 246 g/mol. The number of carbonyl (C=O) groups is 1. The Morgan fingerprint density at radius 3 is 2.28 bits per heavy atom. The number of benzene rings is 1. The monoisotopic (exact) mass is 261 g/mol. The van der Waals surface area contributed by atoms with E-state index in [1.807, 2.05) is 0 Å². The molecule has 0 radical (unpaired) electrons. The topological polar surface area (TPSA) is 70.3 Å². The fraction of sp³-hybridized carbons (Fsp3) is 0.231. The number of hydrogen-bond acceptors (Lipinski definition) is 3. The molecule has 4 nitrogen and oxygen atoms in total. The predicted molar refractivity (Wildman–Crippen MR) is 71.6 cm³/mol. The molecule has 0 bridgehead atoms. The number of carboxylic acids is 1. The van der Waals surface area contributed by atoms with Gasteiger partial charge in [0.2, 0.25) is 8.32 Å². The van der Waals surface area contributed by atoms with Crippen LogP contribution in [0.15, 0.2) is 29.8 Å². The molecule has 0 saturated heterocycles. The Balaban J connectivity index is 2.91. The van der Waals surface area contributed by atoms with E-state index in [4.69, 9.17) is 14.8 Å². The summed E-state index contributed by atoms with van der Waals surface area (Å²) >= 11 is 0. The number of nitriles is 1. The minimum Gasteiger partial charge on any atom is -0.544 e. The van der Waals surface area contributed by atoms with Gasteiger partial charge in [-0.15, -0.1) is 0 Å². The smallest absolute Gasteiger partial charge is 0.346 e. The Morgan fingerprint density at radius 1 is 1.33 bits per heavy atom. The summed E-state index contributed by atoms with van der Waals surface area (Å²) in [6, 6.07) is 8.66. The quantitative estimate of drug-likeness (QED) is 0.514. The van der Waals surface area contributed by atoms with Gasteiger partial charge < -0.3 is 9.53 Å². The van der Waals surface area contributed by atoms with Crippen LogP contribution in [-0.4, -0.2) is 19.4 Å². The van der Waals surface area contributed by atoms with Crippen LogP contribution in [0.2, 0.25) is 19.6 Å². The summed E-state index contributed by atoms with van der Waals surface area (Å²) in [5.41, 5.74) is 0.380. The largest absolute Gasteiger partial charge is 0.544 e. The maximum Gasteiger partial charge on any atom is 0.346 e. The third-order valence-corrected chi connectivity index (χ3v) is 2.81. The van der Waals surface area contributed by atoms with Crippen LogP contribution >= 0.6 is 0 Å². The molecule has 0 aliphatic rings. The van der Waals surface area contributed by atoms with Crippen molar-refractivity contribution in [3.05, 3.63) is 35.4 Å². The molecule has 0 atom stereocenters. The van der Waals surface area contributed by atoms with Gasteiger partial charge in [0.1, 0.15) is 17.4 Å². The van der Waals surface area contributed by atoms with E-state index in [9.17, 15) is 4.79 Å². The molecule has 0 aliphatic heterocycles. The summed E-state index contributed by atoms with van der Waals surface area (Å²) in [5, 5.41) is 17.4. The van der Waals surface area contributed by atoms with Crippen LogP contribution in [0.4, 0.5) is 0 Å². The summed E-state index contributed by atoms with van der Waals surface area (Å²) in [7, 11) is -1.63. The van der Waals surface area contributed by atoms with Gasteiger partial charge in [0.25, 0.3) is 0 Å². The Hall–Kier alpha value is -2.06. The van der Waals surface area contributed by atoms with E-state index in [0.29, 0.717) is 5.56 Å². The molecule has 0 aromatic heterocycles. The van der Waals surface area contributed by atoms with Crippen molar-refractivity contribution in [3.8, 4) is 11.8 Å². The highest BCUT2D eigenvalue weighted by Crippen LogP contribution is 2.18. The van der Waals surface area contributed by atoms with Gasteiger partial charge in [-0.3, -0.25) is 0 Å². The molecule has 0 aliphatic carbocycles. The summed E-state index contributed by atoms with van der Waals surface area (Å²) in [4.78, 5) is 10.7. The zero-order valence-corrected chi connectivity index (χ0v) is 11.6. The molecule has 0 unspecified atom stereocenters. The van der Waals surface area contributed by atoms with Crippen molar-refractivity contribution >= 4 is 20.4 Å². The summed E-state index contributed by atoms with van der Waals surface area (Å²) < 4.78 is 5.77. The molecule has 1 aromatic carbocycles. The Bertz CT molecular complexity index is 507. The summed E-state index contributed by atoms with van der Waals surface area (Å²) in [6.07, 6.45) is 1.33. The molecule has 0 saturated carbocycles. The first kappa shape index (κ1) is 14.0. The van der Waals surface area contributed by atoms with E-state index in [1.165, 1.54) is 6.08 Å². The Labute approximate surface area is 107 Å². The molecule has 1 N–H and O–H groups in total. The SMILES string of the molecule is C[Si](C)(C)Oc1ccc(/C=C(\C#N)C(=O)O)cc1. The van der Waals surface area contributed by atoms with E-state index < -0.39 is 14.3 Å². The van der Waals surface area contributed by atoms with E-state index in [1.54, 1.807) is 30.3 Å². The van der Waals surface area contributed by atoms with E-state index in [2.05, 4.69) is 19.6 Å². The number of nitrogens with zero attached hydrogens (tertiary/aromatic N) is 1. The maximum atomic E-state index is 10.7. The third-order valence-electron chi connectivity index (χ3n) is 1.97. The van der Waals surface area contributed by atoms with E-state index >= 15 is 0 Å². The average molecular weight is 261 g/mol. The van der Waals surface area contributed by atoms with Gasteiger partial charge in [-0.25, -0.2) is 4.79 Å². The number of hydrogen-bond donors (Lipinski definition) is 1. The molecular formula is C13H15NO3Si. The third kappa shape index (κ3) is 4.43. The second-order valence-electron chi connectivity index (χ2n) is 4.76. The van der Waals surface area contributed by atoms with Gasteiger partial charge in [0.15, 0.2) is 0 Å². The van der Waals surface area contributed by atoms with Gasteiger partial charge in [-0.05, 0) is 43.4 Å². The molecule has 18 heavy (non-hydrogen) atoms. The van der Waals surface area contributed by atoms with Crippen molar-refractivity contribution < 1.29 is 14.3 Å². The average Bonchev–Trinajstić information content (AvgIpc) is 2.25. The van der Waals surface area contributed by atoms with Crippen LogP contribution in [0, 0.1) is 11.3 Å². The van der Waals surface area contributed by atoms with E-state index in [0.717, 1.165) is 5.75 Å². The highest BCUT2D eigenvalue weighted by Gasteiger charge is 2.15. The number of rotatable bonds is 4. The van der Waals surface area contributed by atoms with Gasteiger partial charge in [-0.1, -0.05) is 12.1 Å². The lowest BCUT2D eigenvalue weighted by Crippen LogP contribution is -2.29. The first-order valence-corrected chi connectivity index (χ1v) is 8.87. The van der Waals surface area contributed by atoms with Crippen LogP contribution in [0.3, 0.4) is 0 Å². The summed E-state index contributed by atoms with van der Waals surface area (Å²) in [5.74, 6) is -0.458. The number of aliphatic carboxylic acids is 1. The highest BCUT2D eigenvalue weighted by molar-refractivity contribution is 6.70. The van der Waals surface area contributed by atoms with Crippen molar-refractivity contribution in [2.75, 3.05) is 0 Å². The molecule has 0 heterocycles. The zero-order valence-electron chi connectivity index (χ0n) is 10.6. The van der Waals surface area contributed by atoms with E-state index in [-0.39, 0.29) is 5.57 Å². The maximum absolute atomic E-state index is 10.7. The normalized spacial score (nSPS) is 11.8. The predicted octanol–water partition coefficient (Wildman–Crippen LogP) is 2.89. The van der Waals surface area contributed by atoms with Crippen LogP contribution in [-0.2, 0) is 4.79 Å². The van der Waals surface area contributed by atoms with Crippen molar-refractivity contribution in [1.29, 1.82) is 5.26 Å². The zero-order chi connectivity index (χ0) is 13.8. The lowest BCUT2D eigenvalue weighted by atomic mass is 10.1. The molecule has 94 valence electrons. The van der Waals surface area contributed by atoms with Crippen LogP contribution < -0.4 is 4.43 Å². The highest BCUT2D eigenvalue weighted by atomic mass is 28.4. The first-order valence-electron chi connectivity index (χ1n) is 5.46. The molecule has 1 rings (SSSR count). The standard InChI is InChI=1S/C13H15NO3Si/c1-18(2,3)17-12-6-4-10(5-7-12)8-11(9-14)13(15)16/h4-8H,1-3H3,(H,15,16)/b11-8+. The van der Waals surface area contributed by atoms with Crippen molar-refractivity contribution in [3.63, 3.8) is 0 Å². The fourth-order valence-corrected chi connectivity index (χ4v) is 2.14. The van der Waals surface area contributed by atoms with Crippen LogP contribution in [0.1, 0.15) is 5.56 Å². The second-order valence-corrected chi connectivity index (χ2v) is 9.19. The minimum atomic E-state index is -1.63. The molecule has 1 aromatic rings. The molecule has 0 fully saturated rings. The van der Waals surface area contributed by atoms with Crippen molar-refractivity contribution in [2.24, 2.45) is 0 Å². The Kier molecular flexibility index (Phi) is 4.29. The Morgan fingerprint density at radius 2 is 1.89 bits per heavy atom. The summed E-state index contributed by atoms with van der Waals surface area (Å²) in [6.45, 7) is 6.25. The first-order chi connectivity index (χ1) is 8.31. The van der Waals surface area contributed by atoms with Crippen LogP contribution in [0.5, 0.6) is 5.75 Å². The number of carboxylic acid groups (broad SMARTS) is 1. The molecule has 0 amide bonds. The molecule has 5 heteroatoms. The van der Waals surface area contributed by atoms with Crippen molar-refractivity contribution in [2.45, 2.75) is 19.6 Å². The molecule has 0 spiro atoms. The second kappa shape index (κ2) is 5.51. The van der Waals surface area contributed by atoms with Crippen molar-refractivity contribution in [1.82, 2.24) is 0 Å².